The first-order valence-electron chi connectivity index (χ1n) is 4.28. The minimum atomic E-state index is -0.213. The fourth-order valence-electron chi connectivity index (χ4n) is 1.50. The number of nitrogens with two attached hydrogens (primary N) is 1. The molecule has 0 radical (unpaired) electrons. The predicted molar refractivity (Wildman–Crippen MR) is 45.6 cm³/mol. The zero-order valence-electron chi connectivity index (χ0n) is 7.38. The molecule has 0 amide bonds. The molecule has 1 saturated carbocycles. The van der Waals surface area contributed by atoms with Gasteiger partial charge in [0.2, 0.25) is 0 Å². The first-order chi connectivity index (χ1) is 5.72. The number of esters is 1. The predicted octanol–water partition coefficient (Wildman–Crippen LogP) is -0.371. The highest BCUT2D eigenvalue weighted by molar-refractivity contribution is 5.71. The lowest BCUT2D eigenvalue weighted by Gasteiger charge is -2.10. The van der Waals surface area contributed by atoms with Crippen LogP contribution in [-0.4, -0.2) is 31.7 Å². The Morgan fingerprint density at radius 2 is 2.42 bits per heavy atom. The lowest BCUT2D eigenvalue weighted by atomic mass is 10.2. The van der Waals surface area contributed by atoms with Crippen molar-refractivity contribution in [2.45, 2.75) is 31.3 Å². The Kier molecular flexibility index (Phi) is 3.49. The van der Waals surface area contributed by atoms with E-state index in [1.54, 1.807) is 0 Å². The number of nitrogens with one attached hydrogen (secondary N) is 1. The van der Waals surface area contributed by atoms with Crippen LogP contribution >= 0.6 is 0 Å². The van der Waals surface area contributed by atoms with Gasteiger partial charge in [-0.1, -0.05) is 0 Å². The van der Waals surface area contributed by atoms with Gasteiger partial charge in [-0.2, -0.15) is 0 Å². The molecule has 4 nitrogen and oxygen atoms in total. The Morgan fingerprint density at radius 1 is 1.67 bits per heavy atom. The molecule has 0 heterocycles. The fourth-order valence-corrected chi connectivity index (χ4v) is 1.50. The number of rotatable bonds is 3. The van der Waals surface area contributed by atoms with E-state index < -0.39 is 0 Å². The normalized spacial score (nSPS) is 28.8. The molecule has 1 aliphatic rings. The average molecular weight is 172 g/mol. The lowest BCUT2D eigenvalue weighted by molar-refractivity contribution is -0.139. The van der Waals surface area contributed by atoms with Gasteiger partial charge in [-0.15, -0.1) is 0 Å². The molecule has 0 saturated heterocycles. The van der Waals surface area contributed by atoms with Crippen LogP contribution in [0.4, 0.5) is 0 Å². The summed E-state index contributed by atoms with van der Waals surface area (Å²) in [5.41, 5.74) is 5.71. The third kappa shape index (κ3) is 2.79. The maximum Gasteiger partial charge on any atom is 0.319 e. The molecule has 1 aliphatic carbocycles. The van der Waals surface area contributed by atoms with Crippen LogP contribution in [0, 0.1) is 0 Å². The molecule has 12 heavy (non-hydrogen) atoms. The summed E-state index contributed by atoms with van der Waals surface area (Å²) in [5.74, 6) is -0.213. The molecule has 2 atom stereocenters. The summed E-state index contributed by atoms with van der Waals surface area (Å²) in [5, 5.41) is 3.11. The van der Waals surface area contributed by atoms with Gasteiger partial charge in [-0.25, -0.2) is 0 Å². The molecular weight excluding hydrogens is 156 g/mol. The average Bonchev–Trinajstić information content (AvgIpc) is 2.47. The van der Waals surface area contributed by atoms with Crippen LogP contribution in [0.2, 0.25) is 0 Å². The van der Waals surface area contributed by atoms with Crippen LogP contribution < -0.4 is 11.1 Å². The summed E-state index contributed by atoms with van der Waals surface area (Å²) < 4.78 is 4.50. The van der Waals surface area contributed by atoms with Crippen molar-refractivity contribution in [2.24, 2.45) is 5.73 Å². The molecule has 1 rings (SSSR count). The van der Waals surface area contributed by atoms with Gasteiger partial charge >= 0.3 is 5.97 Å². The summed E-state index contributed by atoms with van der Waals surface area (Å²) in [7, 11) is 1.39. The van der Waals surface area contributed by atoms with Gasteiger partial charge in [0.25, 0.3) is 0 Å². The van der Waals surface area contributed by atoms with Crippen molar-refractivity contribution in [3.63, 3.8) is 0 Å². The van der Waals surface area contributed by atoms with E-state index in [2.05, 4.69) is 10.1 Å². The maximum absolute atomic E-state index is 10.7. The standard InChI is InChI=1S/C8H16N2O2/c1-12-8(11)5-10-7-3-2-6(9)4-7/h6-7,10H,2-5,9H2,1H3. The molecule has 3 N–H and O–H groups in total. The van der Waals surface area contributed by atoms with Crippen LogP contribution in [0.5, 0.6) is 0 Å². The Hall–Kier alpha value is -0.610. The van der Waals surface area contributed by atoms with Gasteiger partial charge in [-0.3, -0.25) is 4.79 Å². The van der Waals surface area contributed by atoms with Crippen molar-refractivity contribution in [1.29, 1.82) is 0 Å². The van der Waals surface area contributed by atoms with Crippen LogP contribution in [0.3, 0.4) is 0 Å². The van der Waals surface area contributed by atoms with E-state index in [1.165, 1.54) is 7.11 Å². The summed E-state index contributed by atoms with van der Waals surface area (Å²) in [6.07, 6.45) is 3.09. The van der Waals surface area contributed by atoms with Crippen molar-refractivity contribution >= 4 is 5.97 Å². The Labute approximate surface area is 72.5 Å². The van der Waals surface area contributed by atoms with E-state index in [9.17, 15) is 4.79 Å². The second-order valence-electron chi connectivity index (χ2n) is 3.23. The molecule has 4 heteroatoms. The molecule has 0 aromatic rings. The highest BCUT2D eigenvalue weighted by Gasteiger charge is 2.21. The second-order valence-corrected chi connectivity index (χ2v) is 3.23. The van der Waals surface area contributed by atoms with Gasteiger partial charge in [0.15, 0.2) is 0 Å². The van der Waals surface area contributed by atoms with Crippen LogP contribution in [-0.2, 0) is 9.53 Å². The minimum absolute atomic E-state index is 0.213. The topological polar surface area (TPSA) is 64.3 Å². The molecule has 0 aromatic heterocycles. The Balaban J connectivity index is 2.11. The first kappa shape index (κ1) is 9.48. The molecule has 2 unspecified atom stereocenters. The van der Waals surface area contributed by atoms with Gasteiger partial charge in [0, 0.05) is 12.1 Å². The smallest absolute Gasteiger partial charge is 0.319 e. The van der Waals surface area contributed by atoms with Gasteiger partial charge in [0.05, 0.1) is 13.7 Å². The third-order valence-electron chi connectivity index (χ3n) is 2.24. The second kappa shape index (κ2) is 4.42. The summed E-state index contributed by atoms with van der Waals surface area (Å²) >= 11 is 0. The lowest BCUT2D eigenvalue weighted by Crippen LogP contribution is -2.33. The van der Waals surface area contributed by atoms with Crippen LogP contribution in [0.15, 0.2) is 0 Å². The fraction of sp³-hybridized carbons (Fsp3) is 0.875. The van der Waals surface area contributed by atoms with E-state index in [-0.39, 0.29) is 5.97 Å². The summed E-state index contributed by atoms with van der Waals surface area (Å²) in [4.78, 5) is 10.7. The molecular formula is C8H16N2O2. The Morgan fingerprint density at radius 3 is 2.92 bits per heavy atom. The number of carbonyl (C=O) groups excluding carboxylic acids is 1. The van der Waals surface area contributed by atoms with Crippen molar-refractivity contribution < 1.29 is 9.53 Å². The van der Waals surface area contributed by atoms with E-state index in [4.69, 9.17) is 5.73 Å². The van der Waals surface area contributed by atoms with Gasteiger partial charge < -0.3 is 15.8 Å². The largest absolute Gasteiger partial charge is 0.468 e. The number of hydrogen-bond donors (Lipinski definition) is 2. The highest BCUT2D eigenvalue weighted by Crippen LogP contribution is 2.16. The number of methoxy groups -OCH3 is 1. The van der Waals surface area contributed by atoms with Crippen molar-refractivity contribution in [3.05, 3.63) is 0 Å². The molecule has 0 aliphatic heterocycles. The van der Waals surface area contributed by atoms with E-state index >= 15 is 0 Å². The molecule has 70 valence electrons. The molecule has 0 aromatic carbocycles. The van der Waals surface area contributed by atoms with Crippen LogP contribution in [0.1, 0.15) is 19.3 Å². The van der Waals surface area contributed by atoms with E-state index in [0.717, 1.165) is 19.3 Å². The zero-order chi connectivity index (χ0) is 8.97. The third-order valence-corrected chi connectivity index (χ3v) is 2.24. The SMILES string of the molecule is COC(=O)CNC1CCC(N)C1. The monoisotopic (exact) mass is 172 g/mol. The molecule has 0 bridgehead atoms. The first-order valence-corrected chi connectivity index (χ1v) is 4.28. The summed E-state index contributed by atoms with van der Waals surface area (Å²) in [6.45, 7) is 0.299. The highest BCUT2D eigenvalue weighted by atomic mass is 16.5. The zero-order valence-corrected chi connectivity index (χ0v) is 7.38. The van der Waals surface area contributed by atoms with Crippen LogP contribution in [0.25, 0.3) is 0 Å². The van der Waals surface area contributed by atoms with Gasteiger partial charge in [0.1, 0.15) is 0 Å². The summed E-state index contributed by atoms with van der Waals surface area (Å²) in [6, 6.07) is 0.708. The number of ether oxygens (including phenoxy) is 1. The van der Waals surface area contributed by atoms with Gasteiger partial charge in [-0.05, 0) is 19.3 Å². The number of hydrogen-bond acceptors (Lipinski definition) is 4. The quantitative estimate of drug-likeness (QED) is 0.570. The minimum Gasteiger partial charge on any atom is -0.468 e. The number of carbonyl (C=O) groups is 1. The Bertz CT molecular complexity index is 161. The maximum atomic E-state index is 10.7. The van der Waals surface area contributed by atoms with Crippen molar-refractivity contribution in [1.82, 2.24) is 5.32 Å². The van der Waals surface area contributed by atoms with E-state index in [1.807, 2.05) is 0 Å². The van der Waals surface area contributed by atoms with Crippen molar-refractivity contribution in [2.75, 3.05) is 13.7 Å². The molecule has 1 fully saturated rings. The molecule has 0 spiro atoms. The van der Waals surface area contributed by atoms with Crippen molar-refractivity contribution in [3.8, 4) is 0 Å². The van der Waals surface area contributed by atoms with E-state index in [0.29, 0.717) is 18.6 Å².